The third-order valence-corrected chi connectivity index (χ3v) is 4.45. The van der Waals surface area contributed by atoms with Crippen molar-refractivity contribution in [3.63, 3.8) is 0 Å². The number of rotatable bonds is 3. The van der Waals surface area contributed by atoms with Crippen LogP contribution in [0, 0.1) is 0 Å². The first-order chi connectivity index (χ1) is 9.75. The topological polar surface area (TPSA) is 54.9 Å². The molecule has 0 saturated heterocycles. The van der Waals surface area contributed by atoms with E-state index in [9.17, 15) is 4.79 Å². The zero-order chi connectivity index (χ0) is 13.9. The summed E-state index contributed by atoms with van der Waals surface area (Å²) in [6.45, 7) is 0. The molecule has 0 aliphatic heterocycles. The van der Waals surface area contributed by atoms with Crippen molar-refractivity contribution in [1.82, 2.24) is 7.96 Å². The van der Waals surface area contributed by atoms with Gasteiger partial charge in [-0.05, 0) is 0 Å². The van der Waals surface area contributed by atoms with E-state index in [0.29, 0.717) is 5.69 Å². The monoisotopic (exact) mass is 351 g/mol. The number of carbonyl (C=O) groups is 1. The van der Waals surface area contributed by atoms with Crippen molar-refractivity contribution in [3.8, 4) is 0 Å². The first-order valence-corrected chi connectivity index (χ1v) is 7.94. The summed E-state index contributed by atoms with van der Waals surface area (Å²) >= 11 is 6.07. The fourth-order valence-electron chi connectivity index (χ4n) is 1.88. The molecule has 0 aliphatic rings. The van der Waals surface area contributed by atoms with Gasteiger partial charge in [-0.15, -0.1) is 0 Å². The maximum absolute atomic E-state index is 12.2. The number of nitrogens with zero attached hydrogens (tertiary/aromatic N) is 2. The van der Waals surface area contributed by atoms with E-state index in [1.165, 1.54) is 0 Å². The van der Waals surface area contributed by atoms with Gasteiger partial charge in [0.25, 0.3) is 0 Å². The molecular weight excluding hydrogens is 341 g/mol. The molecule has 20 heavy (non-hydrogen) atoms. The number of benzene rings is 2. The van der Waals surface area contributed by atoms with E-state index in [2.05, 4.69) is 13.3 Å². The van der Waals surface area contributed by atoms with Gasteiger partial charge in [0.2, 0.25) is 0 Å². The van der Waals surface area contributed by atoms with E-state index in [1.54, 1.807) is 0 Å². The molecule has 0 spiro atoms. The van der Waals surface area contributed by atoms with Gasteiger partial charge in [0.05, 0.1) is 0 Å². The molecule has 0 aliphatic carbocycles. The van der Waals surface area contributed by atoms with Crippen LogP contribution in [0.4, 0.5) is 5.69 Å². The van der Waals surface area contributed by atoms with Gasteiger partial charge in [0, 0.05) is 0 Å². The van der Waals surface area contributed by atoms with Crippen LogP contribution in [0.1, 0.15) is 10.9 Å². The van der Waals surface area contributed by atoms with Gasteiger partial charge >= 0.3 is 127 Å². The van der Waals surface area contributed by atoms with Gasteiger partial charge in [-0.1, -0.05) is 0 Å². The van der Waals surface area contributed by atoms with Crippen LogP contribution >= 0.6 is 11.6 Å². The molecule has 3 rings (SSSR count). The molecule has 1 atom stereocenters. The Balaban J connectivity index is 1.84. The van der Waals surface area contributed by atoms with Gasteiger partial charge in [0.1, 0.15) is 0 Å². The van der Waals surface area contributed by atoms with Crippen molar-refractivity contribution in [2.75, 3.05) is 5.32 Å². The molecule has 1 heterocycles. The molecule has 1 amide bonds. The molecule has 4 nitrogen and oxygen atoms in total. The van der Waals surface area contributed by atoms with E-state index in [0.717, 1.165) is 16.6 Å². The Morgan fingerprint density at radius 1 is 1.10 bits per heavy atom. The Bertz CT molecular complexity index is 744. The minimum absolute atomic E-state index is 0.122. The molecule has 100 valence electrons. The molecule has 0 bridgehead atoms. The average molecular weight is 351 g/mol. The quantitative estimate of drug-likeness (QED) is 0.583. The van der Waals surface area contributed by atoms with Crippen molar-refractivity contribution in [3.05, 3.63) is 54.1 Å². The minimum atomic E-state index is -0.726. The van der Waals surface area contributed by atoms with E-state index in [1.807, 2.05) is 48.5 Å². The number of carbonyl (C=O) groups excluding carboxylic acids is 1. The van der Waals surface area contributed by atoms with Crippen LogP contribution in [0.3, 0.4) is 0 Å². The number of alkyl halides is 1. The van der Waals surface area contributed by atoms with Gasteiger partial charge in [0.15, 0.2) is 0 Å². The van der Waals surface area contributed by atoms with Crippen LogP contribution in [0.25, 0.3) is 11.0 Å². The third kappa shape index (κ3) is 2.61. The maximum atomic E-state index is 12.2. The summed E-state index contributed by atoms with van der Waals surface area (Å²) in [6, 6.07) is 14.8. The average Bonchev–Trinajstić information content (AvgIpc) is 2.97. The van der Waals surface area contributed by atoms with Crippen LogP contribution in [0.2, 0.25) is 0 Å². The molecule has 1 aromatic heterocycles. The predicted molar refractivity (Wildman–Crippen MR) is 80.1 cm³/mol. The summed E-state index contributed by atoms with van der Waals surface area (Å²) in [5, 5.41) is 2.10. The van der Waals surface area contributed by atoms with Crippen molar-refractivity contribution < 1.29 is 4.79 Å². The second kappa shape index (κ2) is 5.75. The Labute approximate surface area is 127 Å². The van der Waals surface area contributed by atoms with Crippen LogP contribution in [0.5, 0.6) is 0 Å². The molecule has 1 unspecified atom stereocenters. The van der Waals surface area contributed by atoms with Gasteiger partial charge in [-0.25, -0.2) is 0 Å². The predicted octanol–water partition coefficient (Wildman–Crippen LogP) is 2.61. The third-order valence-electron chi connectivity index (χ3n) is 2.87. The summed E-state index contributed by atoms with van der Waals surface area (Å²) in [5.41, 5.74) is 3.01. The Morgan fingerprint density at radius 3 is 2.70 bits per heavy atom. The summed E-state index contributed by atoms with van der Waals surface area (Å²) in [4.78, 5) is 12.2. The molecule has 0 fully saturated rings. The Kier molecular flexibility index (Phi) is 3.83. The number of aromatic nitrogens is 2. The number of halogens is 1. The van der Waals surface area contributed by atoms with Gasteiger partial charge < -0.3 is 0 Å². The molecule has 2 aromatic carbocycles. The first-order valence-electron chi connectivity index (χ1n) is 5.97. The van der Waals surface area contributed by atoms with E-state index < -0.39 is 5.38 Å². The van der Waals surface area contributed by atoms with Crippen LogP contribution < -0.4 is 5.32 Å². The first kappa shape index (κ1) is 13.3. The molecule has 6 heteroatoms. The second-order valence-corrected chi connectivity index (χ2v) is 5.75. The van der Waals surface area contributed by atoms with Gasteiger partial charge in [-0.2, -0.15) is 0 Å². The summed E-state index contributed by atoms with van der Waals surface area (Å²) in [5.74, 6) is -0.263. The second-order valence-electron chi connectivity index (χ2n) is 4.20. The fraction of sp³-hybridized carbons (Fsp3) is 0.0714. The van der Waals surface area contributed by atoms with Crippen molar-refractivity contribution >= 4 is 49.2 Å². The molecule has 1 N–H and O–H groups in total. The summed E-state index contributed by atoms with van der Waals surface area (Å²) < 4.78 is 8.60. The zero-order valence-electron chi connectivity index (χ0n) is 10.3. The van der Waals surface area contributed by atoms with Crippen molar-refractivity contribution in [2.24, 2.45) is 0 Å². The van der Waals surface area contributed by atoms with E-state index in [4.69, 9.17) is 11.6 Å². The number of fused-ring (bicyclic) bond motifs is 1. The number of amides is 1. The van der Waals surface area contributed by atoms with Crippen LogP contribution in [0.15, 0.2) is 48.5 Å². The van der Waals surface area contributed by atoms with Gasteiger partial charge in [-0.3, -0.25) is 0 Å². The van der Waals surface area contributed by atoms with Crippen LogP contribution in [-0.4, -0.2) is 28.8 Å². The van der Waals surface area contributed by atoms with Crippen LogP contribution in [-0.2, 0) is 4.79 Å². The van der Waals surface area contributed by atoms with Crippen molar-refractivity contribution in [1.29, 1.82) is 0 Å². The normalized spacial score (nSPS) is 12.2. The SMILES string of the molecule is O=C(Nc1cccc2n[se]nc12)C(Cl)c1ccccc1. The standard InChI is InChI=1S/C14H10ClN3OSe/c15-12(9-5-2-1-3-6-9)14(19)16-10-7-4-8-11-13(10)18-20-17-11/h1-8,12H,(H,16,19). The van der Waals surface area contributed by atoms with E-state index in [-0.39, 0.29) is 20.9 Å². The molecule has 3 aromatic rings. The zero-order valence-corrected chi connectivity index (χ0v) is 12.8. The number of hydrogen-bond acceptors (Lipinski definition) is 3. The number of anilines is 1. The summed E-state index contributed by atoms with van der Waals surface area (Å²) in [6.07, 6.45) is 0. The Morgan fingerprint density at radius 2 is 1.90 bits per heavy atom. The van der Waals surface area contributed by atoms with Crippen molar-refractivity contribution in [2.45, 2.75) is 5.38 Å². The number of hydrogen-bond donors (Lipinski definition) is 1. The molecule has 0 radical (unpaired) electrons. The fourth-order valence-corrected chi connectivity index (χ4v) is 3.23. The summed E-state index contributed by atoms with van der Waals surface area (Å²) in [7, 11) is 0. The molecule has 0 saturated carbocycles. The molecular formula is C14H10ClN3OSe. The Hall–Kier alpha value is -1.68. The van der Waals surface area contributed by atoms with E-state index >= 15 is 0 Å². The number of nitrogens with one attached hydrogen (secondary N) is 1.